The highest BCUT2D eigenvalue weighted by atomic mass is 127. The van der Waals surface area contributed by atoms with E-state index < -0.39 is 9.84 Å². The largest absolute Gasteiger partial charge is 0.356 e. The van der Waals surface area contributed by atoms with E-state index in [0.29, 0.717) is 18.9 Å². The van der Waals surface area contributed by atoms with Crippen LogP contribution in [0.4, 0.5) is 0 Å². The average molecular weight is 565 g/mol. The number of nitrogens with zero attached hydrogens (tertiary/aromatic N) is 3. The van der Waals surface area contributed by atoms with Gasteiger partial charge in [0.05, 0.1) is 5.75 Å². The number of hydrogen-bond donors (Lipinski definition) is 1. The second-order valence-electron chi connectivity index (χ2n) is 9.60. The number of benzene rings is 1. The van der Waals surface area contributed by atoms with Crippen molar-refractivity contribution in [1.82, 2.24) is 15.1 Å². The third-order valence-corrected chi connectivity index (χ3v) is 6.76. The van der Waals surface area contributed by atoms with Gasteiger partial charge in [-0.3, -0.25) is 9.89 Å². The lowest BCUT2D eigenvalue weighted by Crippen LogP contribution is -2.53. The second kappa shape index (κ2) is 12.4. The molecule has 0 aliphatic carbocycles. The molecule has 1 heterocycles. The number of piperazine rings is 1. The molecule has 0 saturated carbocycles. The predicted octanol–water partition coefficient (Wildman–Crippen LogP) is 3.58. The van der Waals surface area contributed by atoms with E-state index in [1.807, 2.05) is 7.05 Å². The predicted molar refractivity (Wildman–Crippen MR) is 142 cm³/mol. The van der Waals surface area contributed by atoms with Crippen LogP contribution in [0.15, 0.2) is 29.3 Å². The van der Waals surface area contributed by atoms with Gasteiger partial charge in [-0.2, -0.15) is 0 Å². The Morgan fingerprint density at radius 2 is 1.71 bits per heavy atom. The van der Waals surface area contributed by atoms with Crippen molar-refractivity contribution in [3.05, 3.63) is 35.4 Å². The molecular weight excluding hydrogens is 523 g/mol. The van der Waals surface area contributed by atoms with E-state index in [1.54, 1.807) is 0 Å². The molecule has 1 aromatic carbocycles. The molecule has 1 aliphatic rings. The summed E-state index contributed by atoms with van der Waals surface area (Å²) >= 11 is 0. The summed E-state index contributed by atoms with van der Waals surface area (Å²) in [6.07, 6.45) is 1.94. The normalized spacial score (nSPS) is 16.4. The van der Waals surface area contributed by atoms with Crippen LogP contribution in [0, 0.1) is 5.41 Å². The van der Waals surface area contributed by atoms with E-state index in [4.69, 9.17) is 0 Å². The van der Waals surface area contributed by atoms with Gasteiger partial charge < -0.3 is 10.2 Å². The van der Waals surface area contributed by atoms with Crippen LogP contribution in [0.2, 0.25) is 0 Å². The maximum atomic E-state index is 11.5. The van der Waals surface area contributed by atoms with Crippen LogP contribution in [-0.2, 0) is 16.4 Å². The first kappa shape index (κ1) is 28.2. The summed E-state index contributed by atoms with van der Waals surface area (Å²) in [5.74, 6) is 1.69. The van der Waals surface area contributed by atoms with Crippen molar-refractivity contribution in [3.63, 3.8) is 0 Å². The molecule has 8 heteroatoms. The van der Waals surface area contributed by atoms with Gasteiger partial charge in [-0.15, -0.1) is 24.0 Å². The Morgan fingerprint density at radius 3 is 2.19 bits per heavy atom. The zero-order valence-corrected chi connectivity index (χ0v) is 23.2. The minimum absolute atomic E-state index is 0. The molecule has 1 N–H and O–H groups in total. The van der Waals surface area contributed by atoms with Crippen LogP contribution < -0.4 is 5.32 Å². The van der Waals surface area contributed by atoms with Crippen molar-refractivity contribution in [2.45, 2.75) is 46.6 Å². The molecule has 0 amide bonds. The van der Waals surface area contributed by atoms with Gasteiger partial charge in [-0.05, 0) is 28.9 Å². The lowest BCUT2D eigenvalue weighted by molar-refractivity contribution is 0.171. The molecule has 0 spiro atoms. The molecule has 178 valence electrons. The minimum Gasteiger partial charge on any atom is -0.356 e. The topological polar surface area (TPSA) is 65.0 Å². The van der Waals surface area contributed by atoms with E-state index >= 15 is 0 Å². The number of sulfone groups is 1. The highest BCUT2D eigenvalue weighted by Crippen LogP contribution is 2.20. The Morgan fingerprint density at radius 1 is 1.13 bits per heavy atom. The molecule has 1 aliphatic heterocycles. The van der Waals surface area contributed by atoms with Crippen molar-refractivity contribution >= 4 is 39.8 Å². The molecule has 6 nitrogen and oxygen atoms in total. The molecule has 2 rings (SSSR count). The quantitative estimate of drug-likeness (QED) is 0.297. The Hall–Kier alpha value is -0.870. The zero-order chi connectivity index (χ0) is 22.4. The van der Waals surface area contributed by atoms with Crippen molar-refractivity contribution < 1.29 is 8.42 Å². The molecule has 31 heavy (non-hydrogen) atoms. The van der Waals surface area contributed by atoms with Crippen LogP contribution in [0.1, 0.15) is 51.2 Å². The monoisotopic (exact) mass is 564 g/mol. The van der Waals surface area contributed by atoms with Gasteiger partial charge in [0.1, 0.15) is 9.84 Å². The molecule has 0 radical (unpaired) electrons. The van der Waals surface area contributed by atoms with E-state index in [0.717, 1.165) is 38.7 Å². The van der Waals surface area contributed by atoms with Crippen molar-refractivity contribution in [2.75, 3.05) is 51.8 Å². The molecule has 0 atom stereocenters. The number of aliphatic imine (C=N–C) groups is 1. The Balaban J connectivity index is 0.00000480. The molecule has 0 bridgehead atoms. The third-order valence-electron chi connectivity index (χ3n) is 5.81. The number of hydrogen-bond acceptors (Lipinski definition) is 4. The fraction of sp³-hybridized carbons (Fsp3) is 0.696. The lowest BCUT2D eigenvalue weighted by Gasteiger charge is -2.37. The Bertz CT molecular complexity index is 799. The van der Waals surface area contributed by atoms with Crippen LogP contribution >= 0.6 is 24.0 Å². The Labute approximate surface area is 206 Å². The second-order valence-corrected chi connectivity index (χ2v) is 11.9. The SMILES string of the molecule is CN=C(NCC(C)(C)CCS(C)(=O)=O)N1CCN(Cc2ccc(C(C)C)cc2)CC1.I. The van der Waals surface area contributed by atoms with Gasteiger partial charge >= 0.3 is 0 Å². The van der Waals surface area contributed by atoms with E-state index in [9.17, 15) is 8.42 Å². The molecular formula is C23H41IN4O2S. The van der Waals surface area contributed by atoms with E-state index in [2.05, 4.69) is 72.1 Å². The molecule has 1 aromatic rings. The van der Waals surface area contributed by atoms with Crippen molar-refractivity contribution in [2.24, 2.45) is 10.4 Å². The first-order chi connectivity index (χ1) is 14.0. The van der Waals surface area contributed by atoms with Crippen LogP contribution in [-0.4, -0.2) is 76.0 Å². The summed E-state index contributed by atoms with van der Waals surface area (Å²) < 4.78 is 22.9. The first-order valence-electron chi connectivity index (χ1n) is 10.9. The highest BCUT2D eigenvalue weighted by molar-refractivity contribution is 14.0. The number of guanidine groups is 1. The molecule has 0 unspecified atom stereocenters. The highest BCUT2D eigenvalue weighted by Gasteiger charge is 2.24. The van der Waals surface area contributed by atoms with Crippen LogP contribution in [0.25, 0.3) is 0 Å². The first-order valence-corrected chi connectivity index (χ1v) is 13.0. The van der Waals surface area contributed by atoms with Crippen molar-refractivity contribution in [3.8, 4) is 0 Å². The zero-order valence-electron chi connectivity index (χ0n) is 20.0. The number of rotatable bonds is 8. The van der Waals surface area contributed by atoms with Gasteiger partial charge in [0.2, 0.25) is 0 Å². The lowest BCUT2D eigenvalue weighted by atomic mass is 9.90. The van der Waals surface area contributed by atoms with E-state index in [-0.39, 0.29) is 35.1 Å². The summed E-state index contributed by atoms with van der Waals surface area (Å²) in [5.41, 5.74) is 2.64. The summed E-state index contributed by atoms with van der Waals surface area (Å²) in [5, 5.41) is 3.46. The van der Waals surface area contributed by atoms with Crippen molar-refractivity contribution in [1.29, 1.82) is 0 Å². The smallest absolute Gasteiger partial charge is 0.193 e. The average Bonchev–Trinajstić information content (AvgIpc) is 2.68. The fourth-order valence-electron chi connectivity index (χ4n) is 3.58. The van der Waals surface area contributed by atoms with Gasteiger partial charge in [0, 0.05) is 52.6 Å². The van der Waals surface area contributed by atoms with Gasteiger partial charge in [-0.1, -0.05) is 52.0 Å². The number of halogens is 1. The maximum Gasteiger partial charge on any atom is 0.193 e. The van der Waals surface area contributed by atoms with Gasteiger partial charge in [0.15, 0.2) is 5.96 Å². The third kappa shape index (κ3) is 10.1. The van der Waals surface area contributed by atoms with Crippen LogP contribution in [0.3, 0.4) is 0 Å². The van der Waals surface area contributed by atoms with Gasteiger partial charge in [0.25, 0.3) is 0 Å². The Kier molecular flexibility index (Phi) is 11.3. The molecule has 1 fully saturated rings. The van der Waals surface area contributed by atoms with Crippen LogP contribution in [0.5, 0.6) is 0 Å². The fourth-order valence-corrected chi connectivity index (χ4v) is 4.51. The summed E-state index contributed by atoms with van der Waals surface area (Å²) in [7, 11) is -1.12. The number of nitrogens with one attached hydrogen (secondary N) is 1. The molecule has 0 aromatic heterocycles. The minimum atomic E-state index is -2.93. The summed E-state index contributed by atoms with van der Waals surface area (Å²) in [4.78, 5) is 9.24. The summed E-state index contributed by atoms with van der Waals surface area (Å²) in [6, 6.07) is 8.99. The summed E-state index contributed by atoms with van der Waals surface area (Å²) in [6.45, 7) is 14.2. The maximum absolute atomic E-state index is 11.5. The molecule has 1 saturated heterocycles. The van der Waals surface area contributed by atoms with E-state index in [1.165, 1.54) is 17.4 Å². The van der Waals surface area contributed by atoms with Gasteiger partial charge in [-0.25, -0.2) is 8.42 Å². The standard InChI is InChI=1S/C23H40N4O2S.HI/c1-19(2)21-9-7-20(8-10-21)17-26-12-14-27(15-13-26)22(24-5)25-18-23(3,4)11-16-30(6,28)29;/h7-10,19H,11-18H2,1-6H3,(H,24,25);1H.